The molecule has 92 valence electrons. The van der Waals surface area contributed by atoms with Gasteiger partial charge in [-0.05, 0) is 70.0 Å². The minimum absolute atomic E-state index is 0.915. The van der Waals surface area contributed by atoms with E-state index in [1.54, 1.807) is 6.42 Å². The minimum Gasteiger partial charge on any atom is -0.319 e. The molecule has 2 saturated carbocycles. The first kappa shape index (κ1) is 11.0. The SMILES string of the molecule is CNCC1CCCN(C2CC3CCC2C3)C1. The third-order valence-electron chi connectivity index (χ3n) is 5.21. The van der Waals surface area contributed by atoms with E-state index in [-0.39, 0.29) is 0 Å². The first-order chi connectivity index (χ1) is 7.86. The topological polar surface area (TPSA) is 15.3 Å². The van der Waals surface area contributed by atoms with E-state index in [4.69, 9.17) is 0 Å². The zero-order chi connectivity index (χ0) is 11.0. The van der Waals surface area contributed by atoms with Crippen molar-refractivity contribution in [3.8, 4) is 0 Å². The van der Waals surface area contributed by atoms with Gasteiger partial charge < -0.3 is 5.32 Å². The molecule has 4 atom stereocenters. The summed E-state index contributed by atoms with van der Waals surface area (Å²) < 4.78 is 0. The second-order valence-electron chi connectivity index (χ2n) is 6.30. The van der Waals surface area contributed by atoms with Gasteiger partial charge in [0.15, 0.2) is 0 Å². The van der Waals surface area contributed by atoms with Gasteiger partial charge in [-0.15, -0.1) is 0 Å². The van der Waals surface area contributed by atoms with Gasteiger partial charge in [-0.3, -0.25) is 4.90 Å². The van der Waals surface area contributed by atoms with Crippen LogP contribution in [0, 0.1) is 17.8 Å². The van der Waals surface area contributed by atoms with Crippen LogP contribution in [0.25, 0.3) is 0 Å². The van der Waals surface area contributed by atoms with E-state index in [1.807, 2.05) is 0 Å². The summed E-state index contributed by atoms with van der Waals surface area (Å²) >= 11 is 0. The molecule has 2 nitrogen and oxygen atoms in total. The van der Waals surface area contributed by atoms with Crippen LogP contribution in [0.1, 0.15) is 38.5 Å². The van der Waals surface area contributed by atoms with Crippen LogP contribution < -0.4 is 5.32 Å². The van der Waals surface area contributed by atoms with Crippen LogP contribution in [-0.2, 0) is 0 Å². The number of hydrogen-bond acceptors (Lipinski definition) is 2. The highest BCUT2D eigenvalue weighted by molar-refractivity contribution is 4.96. The maximum atomic E-state index is 3.36. The molecule has 3 aliphatic rings. The van der Waals surface area contributed by atoms with Gasteiger partial charge in [0.1, 0.15) is 0 Å². The van der Waals surface area contributed by atoms with E-state index in [9.17, 15) is 0 Å². The van der Waals surface area contributed by atoms with Crippen LogP contribution in [0.2, 0.25) is 0 Å². The molecule has 1 heterocycles. The number of rotatable bonds is 3. The number of hydrogen-bond donors (Lipinski definition) is 1. The average molecular weight is 222 g/mol. The zero-order valence-electron chi connectivity index (χ0n) is 10.6. The fourth-order valence-electron chi connectivity index (χ4n) is 4.51. The first-order valence-electron chi connectivity index (χ1n) is 7.25. The number of nitrogens with zero attached hydrogens (tertiary/aromatic N) is 1. The van der Waals surface area contributed by atoms with Crippen molar-refractivity contribution >= 4 is 0 Å². The molecule has 3 fully saturated rings. The Kier molecular flexibility index (Phi) is 3.21. The number of likely N-dealkylation sites (tertiary alicyclic amines) is 1. The van der Waals surface area contributed by atoms with E-state index in [0.29, 0.717) is 0 Å². The van der Waals surface area contributed by atoms with Gasteiger partial charge in [0.2, 0.25) is 0 Å². The van der Waals surface area contributed by atoms with E-state index < -0.39 is 0 Å². The van der Waals surface area contributed by atoms with Crippen molar-refractivity contribution < 1.29 is 0 Å². The molecule has 0 aromatic rings. The van der Waals surface area contributed by atoms with E-state index in [1.165, 1.54) is 51.7 Å². The Labute approximate surface area is 99.8 Å². The zero-order valence-corrected chi connectivity index (χ0v) is 10.6. The Balaban J connectivity index is 1.58. The monoisotopic (exact) mass is 222 g/mol. The molecule has 0 aromatic heterocycles. The molecule has 0 amide bonds. The molecule has 2 bridgehead atoms. The maximum Gasteiger partial charge on any atom is 0.0126 e. The summed E-state index contributed by atoms with van der Waals surface area (Å²) in [6.07, 6.45) is 9.02. The van der Waals surface area contributed by atoms with E-state index >= 15 is 0 Å². The first-order valence-corrected chi connectivity index (χ1v) is 7.25. The predicted octanol–water partition coefficient (Wildman–Crippen LogP) is 2.11. The molecular formula is C14H26N2. The van der Waals surface area contributed by atoms with Crippen molar-refractivity contribution in [1.29, 1.82) is 0 Å². The Hall–Kier alpha value is -0.0800. The highest BCUT2D eigenvalue weighted by Gasteiger charge is 2.42. The maximum absolute atomic E-state index is 3.36. The summed E-state index contributed by atoms with van der Waals surface area (Å²) in [6, 6.07) is 0.971. The standard InChI is InChI=1S/C14H26N2/c1-15-9-12-3-2-6-16(10-12)14-8-11-4-5-13(14)7-11/h11-15H,2-10H2,1H3. The summed E-state index contributed by atoms with van der Waals surface area (Å²) in [4.78, 5) is 2.84. The highest BCUT2D eigenvalue weighted by Crippen LogP contribution is 2.47. The molecule has 3 rings (SSSR count). The fourth-order valence-corrected chi connectivity index (χ4v) is 4.51. The van der Waals surface area contributed by atoms with Crippen molar-refractivity contribution in [3.63, 3.8) is 0 Å². The van der Waals surface area contributed by atoms with Crippen molar-refractivity contribution in [3.05, 3.63) is 0 Å². The molecule has 2 heteroatoms. The lowest BCUT2D eigenvalue weighted by Crippen LogP contribution is -2.46. The largest absolute Gasteiger partial charge is 0.319 e. The van der Waals surface area contributed by atoms with Gasteiger partial charge in [0, 0.05) is 12.6 Å². The number of piperidine rings is 1. The number of nitrogens with one attached hydrogen (secondary N) is 1. The third kappa shape index (κ3) is 2.02. The van der Waals surface area contributed by atoms with Gasteiger partial charge in [-0.1, -0.05) is 6.42 Å². The van der Waals surface area contributed by atoms with Gasteiger partial charge in [0.25, 0.3) is 0 Å². The van der Waals surface area contributed by atoms with Crippen LogP contribution >= 0.6 is 0 Å². The summed E-state index contributed by atoms with van der Waals surface area (Å²) in [5.74, 6) is 3.08. The van der Waals surface area contributed by atoms with Crippen LogP contribution in [0.4, 0.5) is 0 Å². The van der Waals surface area contributed by atoms with Crippen molar-refractivity contribution in [2.24, 2.45) is 17.8 Å². The molecule has 1 saturated heterocycles. The second kappa shape index (κ2) is 4.66. The summed E-state index contributed by atoms with van der Waals surface area (Å²) in [6.45, 7) is 3.97. The quantitative estimate of drug-likeness (QED) is 0.787. The molecule has 0 radical (unpaired) electrons. The van der Waals surface area contributed by atoms with Gasteiger partial charge in [0.05, 0.1) is 0 Å². The van der Waals surface area contributed by atoms with Crippen molar-refractivity contribution in [2.45, 2.75) is 44.6 Å². The average Bonchev–Trinajstić information content (AvgIpc) is 2.91. The molecule has 1 aliphatic heterocycles. The smallest absolute Gasteiger partial charge is 0.0126 e. The molecule has 0 aromatic carbocycles. The lowest BCUT2D eigenvalue weighted by Gasteiger charge is -2.40. The highest BCUT2D eigenvalue weighted by atomic mass is 15.2. The van der Waals surface area contributed by atoms with Gasteiger partial charge in [-0.25, -0.2) is 0 Å². The van der Waals surface area contributed by atoms with Gasteiger partial charge >= 0.3 is 0 Å². The van der Waals surface area contributed by atoms with Crippen LogP contribution in [0.15, 0.2) is 0 Å². The van der Waals surface area contributed by atoms with Crippen LogP contribution in [0.5, 0.6) is 0 Å². The lowest BCUT2D eigenvalue weighted by atomic mass is 9.90. The lowest BCUT2D eigenvalue weighted by molar-refractivity contribution is 0.0889. The Morgan fingerprint density at radius 2 is 2.12 bits per heavy atom. The predicted molar refractivity (Wildman–Crippen MR) is 67.5 cm³/mol. The van der Waals surface area contributed by atoms with E-state index in [2.05, 4.69) is 17.3 Å². The fraction of sp³-hybridized carbons (Fsp3) is 1.00. The molecular weight excluding hydrogens is 196 g/mol. The van der Waals surface area contributed by atoms with Crippen molar-refractivity contribution in [2.75, 3.05) is 26.7 Å². The Morgan fingerprint density at radius 3 is 2.81 bits per heavy atom. The molecule has 0 spiro atoms. The van der Waals surface area contributed by atoms with Gasteiger partial charge in [-0.2, -0.15) is 0 Å². The molecule has 1 N–H and O–H groups in total. The normalized spacial score (nSPS) is 44.1. The van der Waals surface area contributed by atoms with Crippen LogP contribution in [0.3, 0.4) is 0 Å². The van der Waals surface area contributed by atoms with Crippen molar-refractivity contribution in [1.82, 2.24) is 10.2 Å². The molecule has 16 heavy (non-hydrogen) atoms. The number of fused-ring (bicyclic) bond motifs is 2. The van der Waals surface area contributed by atoms with Crippen LogP contribution in [-0.4, -0.2) is 37.6 Å². The Bertz CT molecular complexity index is 239. The summed E-state index contributed by atoms with van der Waals surface area (Å²) in [5, 5.41) is 3.36. The Morgan fingerprint density at radius 1 is 1.19 bits per heavy atom. The summed E-state index contributed by atoms with van der Waals surface area (Å²) in [7, 11) is 2.09. The minimum atomic E-state index is 0.915. The second-order valence-corrected chi connectivity index (χ2v) is 6.30. The third-order valence-corrected chi connectivity index (χ3v) is 5.21. The summed E-state index contributed by atoms with van der Waals surface area (Å²) in [5.41, 5.74) is 0. The van der Waals surface area contributed by atoms with E-state index in [0.717, 1.165) is 23.8 Å². The molecule has 2 aliphatic carbocycles. The molecule has 4 unspecified atom stereocenters.